The number of aromatic amines is 1. The van der Waals surface area contributed by atoms with Crippen molar-refractivity contribution in [1.29, 1.82) is 0 Å². The molecule has 8 heteroatoms. The van der Waals surface area contributed by atoms with E-state index in [9.17, 15) is 4.79 Å². The number of nitrogens with zero attached hydrogens (tertiary/aromatic N) is 3. The average Bonchev–Trinajstić information content (AvgIpc) is 3.43. The van der Waals surface area contributed by atoms with Gasteiger partial charge in [0.2, 0.25) is 0 Å². The fourth-order valence-corrected chi connectivity index (χ4v) is 3.99. The second kappa shape index (κ2) is 8.96. The van der Waals surface area contributed by atoms with Crippen LogP contribution in [0.5, 0.6) is 5.75 Å². The van der Waals surface area contributed by atoms with Crippen molar-refractivity contribution in [3.8, 4) is 5.75 Å². The van der Waals surface area contributed by atoms with Gasteiger partial charge in [0.25, 0.3) is 0 Å². The second-order valence-electron chi connectivity index (χ2n) is 6.70. The topological polar surface area (TPSA) is 80.3 Å². The van der Waals surface area contributed by atoms with Crippen LogP contribution < -0.4 is 9.64 Å². The maximum absolute atomic E-state index is 12.1. The van der Waals surface area contributed by atoms with Crippen molar-refractivity contribution in [2.24, 2.45) is 0 Å². The van der Waals surface area contributed by atoms with E-state index in [2.05, 4.69) is 32.0 Å². The van der Waals surface area contributed by atoms with E-state index in [1.54, 1.807) is 25.7 Å². The summed E-state index contributed by atoms with van der Waals surface area (Å²) in [5.74, 6) is 0.401. The van der Waals surface area contributed by atoms with Gasteiger partial charge >= 0.3 is 5.97 Å². The van der Waals surface area contributed by atoms with E-state index in [1.807, 2.05) is 30.3 Å². The van der Waals surface area contributed by atoms with Gasteiger partial charge in [-0.25, -0.2) is 14.8 Å². The minimum absolute atomic E-state index is 0.323. The molecule has 0 amide bonds. The predicted molar refractivity (Wildman–Crippen MR) is 117 cm³/mol. The minimum Gasteiger partial charge on any atom is -0.497 e. The quantitative estimate of drug-likeness (QED) is 0.424. The lowest BCUT2D eigenvalue weighted by atomic mass is 10.1. The first-order valence-corrected chi connectivity index (χ1v) is 10.5. The van der Waals surface area contributed by atoms with Crippen LogP contribution in [0.2, 0.25) is 0 Å². The molecule has 0 spiro atoms. The summed E-state index contributed by atoms with van der Waals surface area (Å²) in [6.45, 7) is 3.35. The van der Waals surface area contributed by atoms with E-state index in [-0.39, 0.29) is 0 Å². The number of thiazole rings is 1. The number of esters is 1. The lowest BCUT2D eigenvalue weighted by molar-refractivity contribution is 0.0520. The monoisotopic (exact) mass is 422 g/mol. The number of hydrogen-bond donors (Lipinski definition) is 1. The van der Waals surface area contributed by atoms with Crippen molar-refractivity contribution in [2.75, 3.05) is 18.6 Å². The molecule has 0 radical (unpaired) electrons. The number of benzene rings is 2. The summed E-state index contributed by atoms with van der Waals surface area (Å²) in [5.41, 5.74) is 4.45. The fraction of sp³-hybridized carbons (Fsp3) is 0.227. The molecule has 4 aromatic rings. The highest BCUT2D eigenvalue weighted by molar-refractivity contribution is 7.13. The molecule has 0 saturated heterocycles. The van der Waals surface area contributed by atoms with Gasteiger partial charge in [-0.2, -0.15) is 0 Å². The number of anilines is 1. The number of imidazole rings is 1. The standard InChI is InChI=1S/C22H22N4O3S/c1-3-29-21(27)20-13-30-22(25-20)26(11-15-5-4-6-17(9-15)28-2)12-16-7-8-18-19(10-16)24-14-23-18/h4-10,13-14H,3,11-12H2,1-2H3,(H,23,24). The molecular weight excluding hydrogens is 400 g/mol. The first-order chi connectivity index (χ1) is 14.7. The molecule has 0 aliphatic carbocycles. The molecule has 0 saturated carbocycles. The summed E-state index contributed by atoms with van der Waals surface area (Å²) in [7, 11) is 1.66. The predicted octanol–water partition coefficient (Wildman–Crippen LogP) is 4.41. The maximum atomic E-state index is 12.1. The van der Waals surface area contributed by atoms with Gasteiger partial charge in [-0.15, -0.1) is 11.3 Å². The van der Waals surface area contributed by atoms with Gasteiger partial charge in [-0.3, -0.25) is 0 Å². The van der Waals surface area contributed by atoms with Crippen molar-refractivity contribution < 1.29 is 14.3 Å². The summed E-state index contributed by atoms with van der Waals surface area (Å²) >= 11 is 1.43. The zero-order chi connectivity index (χ0) is 20.9. The van der Waals surface area contributed by atoms with Gasteiger partial charge in [0, 0.05) is 18.5 Å². The molecule has 154 valence electrons. The number of carbonyl (C=O) groups excluding carboxylic acids is 1. The maximum Gasteiger partial charge on any atom is 0.357 e. The summed E-state index contributed by atoms with van der Waals surface area (Å²) in [5, 5.41) is 2.50. The zero-order valence-corrected chi connectivity index (χ0v) is 17.6. The lowest BCUT2D eigenvalue weighted by Crippen LogP contribution is -2.22. The molecule has 4 rings (SSSR count). The molecule has 0 aliphatic heterocycles. The summed E-state index contributed by atoms with van der Waals surface area (Å²) in [4.78, 5) is 26.2. The van der Waals surface area contributed by atoms with E-state index < -0.39 is 5.97 Å². The highest BCUT2D eigenvalue weighted by Gasteiger charge is 2.17. The molecule has 0 unspecified atom stereocenters. The van der Waals surface area contributed by atoms with Gasteiger partial charge in [-0.05, 0) is 42.3 Å². The van der Waals surface area contributed by atoms with Crippen molar-refractivity contribution in [1.82, 2.24) is 15.0 Å². The average molecular weight is 423 g/mol. The number of aromatic nitrogens is 3. The van der Waals surface area contributed by atoms with Crippen LogP contribution in [0.25, 0.3) is 11.0 Å². The molecule has 7 nitrogen and oxygen atoms in total. The number of carbonyl (C=O) groups is 1. The minimum atomic E-state index is -0.403. The molecule has 2 aromatic carbocycles. The molecule has 2 aromatic heterocycles. The van der Waals surface area contributed by atoms with Crippen molar-refractivity contribution >= 4 is 33.5 Å². The van der Waals surface area contributed by atoms with Gasteiger partial charge in [-0.1, -0.05) is 18.2 Å². The Morgan fingerprint density at radius 1 is 1.17 bits per heavy atom. The van der Waals surface area contributed by atoms with E-state index in [4.69, 9.17) is 9.47 Å². The Hall–Kier alpha value is -3.39. The van der Waals surface area contributed by atoms with Crippen LogP contribution in [-0.4, -0.2) is 34.6 Å². The van der Waals surface area contributed by atoms with Crippen molar-refractivity contribution in [2.45, 2.75) is 20.0 Å². The Morgan fingerprint density at radius 3 is 2.80 bits per heavy atom. The number of ether oxygens (including phenoxy) is 2. The molecule has 30 heavy (non-hydrogen) atoms. The third-order valence-electron chi connectivity index (χ3n) is 4.61. The van der Waals surface area contributed by atoms with Crippen LogP contribution in [0, 0.1) is 0 Å². The molecule has 0 aliphatic rings. The highest BCUT2D eigenvalue weighted by atomic mass is 32.1. The lowest BCUT2D eigenvalue weighted by Gasteiger charge is -2.22. The van der Waals surface area contributed by atoms with Crippen LogP contribution >= 0.6 is 11.3 Å². The summed E-state index contributed by atoms with van der Waals surface area (Å²) < 4.78 is 10.4. The first-order valence-electron chi connectivity index (χ1n) is 9.59. The Kier molecular flexibility index (Phi) is 5.94. The van der Waals surface area contributed by atoms with Crippen molar-refractivity contribution in [3.05, 3.63) is 71.0 Å². The van der Waals surface area contributed by atoms with Crippen LogP contribution in [-0.2, 0) is 17.8 Å². The highest BCUT2D eigenvalue weighted by Crippen LogP contribution is 2.26. The van der Waals surface area contributed by atoms with E-state index in [0.29, 0.717) is 25.4 Å². The zero-order valence-electron chi connectivity index (χ0n) is 16.8. The van der Waals surface area contributed by atoms with Crippen LogP contribution in [0.4, 0.5) is 5.13 Å². The number of nitrogens with one attached hydrogen (secondary N) is 1. The van der Waals surface area contributed by atoms with Gasteiger partial charge < -0.3 is 19.4 Å². The number of methoxy groups -OCH3 is 1. The smallest absolute Gasteiger partial charge is 0.357 e. The number of rotatable bonds is 8. The second-order valence-corrected chi connectivity index (χ2v) is 7.53. The molecule has 0 atom stereocenters. The van der Waals surface area contributed by atoms with E-state index in [0.717, 1.165) is 33.0 Å². The normalized spacial score (nSPS) is 10.9. The fourth-order valence-electron chi connectivity index (χ4n) is 3.19. The van der Waals surface area contributed by atoms with Gasteiger partial charge in [0.1, 0.15) is 5.75 Å². The first kappa shape index (κ1) is 19.9. The van der Waals surface area contributed by atoms with E-state index in [1.165, 1.54) is 11.3 Å². The Bertz CT molecular complexity index is 1150. The third-order valence-corrected chi connectivity index (χ3v) is 5.51. The number of hydrogen-bond acceptors (Lipinski definition) is 7. The van der Waals surface area contributed by atoms with Gasteiger partial charge in [0.15, 0.2) is 10.8 Å². The molecule has 0 bridgehead atoms. The van der Waals surface area contributed by atoms with E-state index >= 15 is 0 Å². The Labute approximate surface area is 178 Å². The molecule has 1 N–H and O–H groups in total. The SMILES string of the molecule is CCOC(=O)c1csc(N(Cc2cccc(OC)c2)Cc2ccc3nc[nH]c3c2)n1. The molecule has 2 heterocycles. The summed E-state index contributed by atoms with van der Waals surface area (Å²) in [6, 6.07) is 14.1. The number of fused-ring (bicyclic) bond motifs is 1. The Balaban J connectivity index is 1.63. The summed E-state index contributed by atoms with van der Waals surface area (Å²) in [6.07, 6.45) is 1.69. The van der Waals surface area contributed by atoms with Crippen LogP contribution in [0.1, 0.15) is 28.5 Å². The van der Waals surface area contributed by atoms with Gasteiger partial charge in [0.05, 0.1) is 31.1 Å². The third kappa shape index (κ3) is 4.44. The number of H-pyrrole nitrogens is 1. The van der Waals surface area contributed by atoms with Crippen LogP contribution in [0.3, 0.4) is 0 Å². The van der Waals surface area contributed by atoms with Crippen molar-refractivity contribution in [3.63, 3.8) is 0 Å². The molecule has 0 fully saturated rings. The molecular formula is C22H22N4O3S. The Morgan fingerprint density at radius 2 is 2.00 bits per heavy atom. The van der Waals surface area contributed by atoms with Crippen LogP contribution in [0.15, 0.2) is 54.2 Å². The largest absolute Gasteiger partial charge is 0.497 e.